The highest BCUT2D eigenvalue weighted by Crippen LogP contribution is 2.25. The highest BCUT2D eigenvalue weighted by atomic mass is 32.1. The van der Waals surface area contributed by atoms with Crippen molar-refractivity contribution in [2.45, 2.75) is 19.4 Å². The molecule has 126 valence electrons. The van der Waals surface area contributed by atoms with Gasteiger partial charge in [-0.15, -0.1) is 0 Å². The van der Waals surface area contributed by atoms with Crippen LogP contribution in [0, 0.1) is 0 Å². The smallest absolute Gasteiger partial charge is 0.225 e. The van der Waals surface area contributed by atoms with Crippen LogP contribution < -0.4 is 14.8 Å². The number of imidazole rings is 1. The van der Waals surface area contributed by atoms with E-state index in [1.54, 1.807) is 30.3 Å². The van der Waals surface area contributed by atoms with Crippen LogP contribution in [0.5, 0.6) is 11.5 Å². The minimum absolute atomic E-state index is 0.102. The highest BCUT2D eigenvalue weighted by molar-refractivity contribution is 7.14. The maximum Gasteiger partial charge on any atom is 0.225 e. The number of methoxy groups -OCH3 is 2. The summed E-state index contributed by atoms with van der Waals surface area (Å²) in [4.78, 5) is 17.6. The van der Waals surface area contributed by atoms with E-state index >= 15 is 0 Å². The number of nitrogens with one attached hydrogen (secondary N) is 1. The number of rotatable bonds is 6. The number of nitrogens with zero attached hydrogens (tertiary/aromatic N) is 3. The monoisotopic (exact) mass is 346 g/mol. The van der Waals surface area contributed by atoms with E-state index in [0.717, 1.165) is 16.2 Å². The van der Waals surface area contributed by atoms with Crippen molar-refractivity contribution in [1.29, 1.82) is 0 Å². The molecule has 1 unspecified atom stereocenters. The molecule has 7 nitrogen and oxygen atoms in total. The second-order valence-corrected chi connectivity index (χ2v) is 6.09. The molecule has 3 rings (SSSR count). The fourth-order valence-corrected chi connectivity index (χ4v) is 3.01. The number of carbonyl (C=O) groups is 1. The van der Waals surface area contributed by atoms with Crippen molar-refractivity contribution in [3.05, 3.63) is 41.2 Å². The summed E-state index contributed by atoms with van der Waals surface area (Å²) in [5.41, 5.74) is 3.31. The number of ether oxygens (including phenoxy) is 2. The molecule has 1 N–H and O–H groups in total. The van der Waals surface area contributed by atoms with E-state index in [0.29, 0.717) is 11.5 Å². The van der Waals surface area contributed by atoms with Gasteiger partial charge < -0.3 is 14.8 Å². The van der Waals surface area contributed by atoms with Gasteiger partial charge in [-0.05, 0) is 13.0 Å². The maximum absolute atomic E-state index is 12.3. The van der Waals surface area contributed by atoms with Crippen LogP contribution >= 0.6 is 11.3 Å². The lowest BCUT2D eigenvalue weighted by Gasteiger charge is -2.13. The molecule has 0 aliphatic heterocycles. The summed E-state index contributed by atoms with van der Waals surface area (Å²) in [6.07, 6.45) is 2.04. The normalized spacial score (nSPS) is 12.1. The Hall–Kier alpha value is -2.61. The Morgan fingerprint density at radius 2 is 2.21 bits per heavy atom. The lowest BCUT2D eigenvalue weighted by Crippen LogP contribution is -2.28. The van der Waals surface area contributed by atoms with E-state index in [-0.39, 0.29) is 18.4 Å². The Morgan fingerprint density at radius 1 is 1.38 bits per heavy atom. The lowest BCUT2D eigenvalue weighted by atomic mass is 10.1. The highest BCUT2D eigenvalue weighted by Gasteiger charge is 2.16. The molecule has 0 fully saturated rings. The molecule has 0 saturated heterocycles. The van der Waals surface area contributed by atoms with Crippen molar-refractivity contribution >= 4 is 22.2 Å². The summed E-state index contributed by atoms with van der Waals surface area (Å²) in [6.45, 7) is 1.90. The molecule has 24 heavy (non-hydrogen) atoms. The van der Waals surface area contributed by atoms with Gasteiger partial charge in [-0.25, -0.2) is 9.50 Å². The molecule has 1 atom stereocenters. The average molecular weight is 346 g/mol. The van der Waals surface area contributed by atoms with Gasteiger partial charge in [0.1, 0.15) is 17.0 Å². The van der Waals surface area contributed by atoms with Crippen molar-refractivity contribution < 1.29 is 14.3 Å². The summed E-state index contributed by atoms with van der Waals surface area (Å²) in [7, 11) is 3.16. The van der Waals surface area contributed by atoms with Crippen LogP contribution in [0.4, 0.5) is 0 Å². The van der Waals surface area contributed by atoms with E-state index in [9.17, 15) is 4.79 Å². The number of hydrogen-bond acceptors (Lipinski definition) is 6. The first kappa shape index (κ1) is 16.3. The third kappa shape index (κ3) is 3.33. The molecular formula is C16H18N4O3S. The zero-order valence-corrected chi connectivity index (χ0v) is 14.5. The molecule has 0 saturated carbocycles. The van der Waals surface area contributed by atoms with Crippen LogP contribution in [0.3, 0.4) is 0 Å². The van der Waals surface area contributed by atoms with Gasteiger partial charge in [0.2, 0.25) is 10.9 Å². The first-order chi connectivity index (χ1) is 11.6. The summed E-state index contributed by atoms with van der Waals surface area (Å²) in [5, 5.41) is 7.09. The van der Waals surface area contributed by atoms with Crippen molar-refractivity contribution in [2.24, 2.45) is 0 Å². The predicted octanol–water partition coefficient (Wildman–Crippen LogP) is 2.23. The van der Waals surface area contributed by atoms with Gasteiger partial charge in [-0.2, -0.15) is 5.10 Å². The molecule has 3 aromatic rings. The Morgan fingerprint density at radius 3 is 2.92 bits per heavy atom. The van der Waals surface area contributed by atoms with Crippen LogP contribution in [0.1, 0.15) is 24.2 Å². The van der Waals surface area contributed by atoms with Crippen molar-refractivity contribution in [1.82, 2.24) is 19.9 Å². The lowest BCUT2D eigenvalue weighted by molar-refractivity contribution is -0.121. The average Bonchev–Trinajstić information content (AvgIpc) is 3.16. The minimum Gasteiger partial charge on any atom is -0.497 e. The van der Waals surface area contributed by atoms with E-state index in [1.165, 1.54) is 11.3 Å². The van der Waals surface area contributed by atoms with E-state index in [4.69, 9.17) is 9.47 Å². The zero-order chi connectivity index (χ0) is 17.1. The molecule has 0 aliphatic rings. The third-order valence-electron chi connectivity index (χ3n) is 3.67. The number of carbonyl (C=O) groups excluding carboxylic acids is 1. The largest absolute Gasteiger partial charge is 0.497 e. The van der Waals surface area contributed by atoms with Crippen molar-refractivity contribution in [2.75, 3.05) is 14.2 Å². The molecule has 2 heterocycles. The van der Waals surface area contributed by atoms with Gasteiger partial charge in [0.15, 0.2) is 0 Å². The molecule has 1 amide bonds. The van der Waals surface area contributed by atoms with Gasteiger partial charge in [-0.1, -0.05) is 17.4 Å². The number of amides is 1. The molecule has 1 aromatic carbocycles. The van der Waals surface area contributed by atoms with Crippen molar-refractivity contribution in [3.63, 3.8) is 0 Å². The molecule has 0 aliphatic carbocycles. The third-order valence-corrected chi connectivity index (χ3v) is 4.36. The molecule has 0 bridgehead atoms. The van der Waals surface area contributed by atoms with E-state index in [1.807, 2.05) is 25.3 Å². The van der Waals surface area contributed by atoms with Crippen molar-refractivity contribution in [3.8, 4) is 11.5 Å². The Bertz CT molecular complexity index is 830. The van der Waals surface area contributed by atoms with E-state index in [2.05, 4.69) is 15.4 Å². The minimum atomic E-state index is -0.198. The second-order valence-electron chi connectivity index (χ2n) is 5.28. The zero-order valence-electron chi connectivity index (χ0n) is 13.6. The van der Waals surface area contributed by atoms with Crippen LogP contribution in [0.2, 0.25) is 0 Å². The Balaban J connectivity index is 1.67. The molecule has 8 heteroatoms. The van der Waals surface area contributed by atoms with Gasteiger partial charge in [0.25, 0.3) is 0 Å². The van der Waals surface area contributed by atoms with Crippen LogP contribution in [-0.2, 0) is 11.2 Å². The Kier molecular flexibility index (Phi) is 4.66. The fourth-order valence-electron chi connectivity index (χ4n) is 2.40. The Labute approximate surface area is 143 Å². The quantitative estimate of drug-likeness (QED) is 0.740. The molecule has 0 radical (unpaired) electrons. The summed E-state index contributed by atoms with van der Waals surface area (Å²) >= 11 is 1.46. The van der Waals surface area contributed by atoms with Gasteiger partial charge >= 0.3 is 0 Å². The number of hydrogen-bond donors (Lipinski definition) is 1. The van der Waals surface area contributed by atoms with E-state index < -0.39 is 0 Å². The molecule has 2 aromatic heterocycles. The van der Waals surface area contributed by atoms with Crippen LogP contribution in [0.25, 0.3) is 4.96 Å². The SMILES string of the molecule is COc1ccc(CC(=O)NC(C)c2cn3ncsc3n2)c(OC)c1. The van der Waals surface area contributed by atoms with Crippen LogP contribution in [-0.4, -0.2) is 34.7 Å². The topological polar surface area (TPSA) is 77.8 Å². The summed E-state index contributed by atoms with van der Waals surface area (Å²) in [6, 6.07) is 5.21. The molecular weight excluding hydrogens is 328 g/mol. The standard InChI is InChI=1S/C16H18N4O3S/c1-10(13-8-20-16(19-13)24-9-17-20)18-15(21)6-11-4-5-12(22-2)7-14(11)23-3/h4-5,7-10H,6H2,1-3H3,(H,18,21). The van der Waals surface area contributed by atoms with Gasteiger partial charge in [-0.3, -0.25) is 4.79 Å². The second kappa shape index (κ2) is 6.88. The first-order valence-electron chi connectivity index (χ1n) is 7.39. The van der Waals surface area contributed by atoms with Crippen LogP contribution in [0.15, 0.2) is 29.9 Å². The summed E-state index contributed by atoms with van der Waals surface area (Å²) in [5.74, 6) is 1.22. The maximum atomic E-state index is 12.3. The number of benzene rings is 1. The molecule has 0 spiro atoms. The first-order valence-corrected chi connectivity index (χ1v) is 8.27. The fraction of sp³-hybridized carbons (Fsp3) is 0.312. The van der Waals surface area contributed by atoms with Gasteiger partial charge in [0, 0.05) is 11.6 Å². The summed E-state index contributed by atoms with van der Waals surface area (Å²) < 4.78 is 12.2. The predicted molar refractivity (Wildman–Crippen MR) is 90.7 cm³/mol. The number of fused-ring (bicyclic) bond motifs is 1. The number of aromatic nitrogens is 3. The van der Waals surface area contributed by atoms with Gasteiger partial charge in [0.05, 0.1) is 38.6 Å².